The zero-order valence-electron chi connectivity index (χ0n) is 13.1. The Bertz CT molecular complexity index is 438. The van der Waals surface area contributed by atoms with Crippen molar-refractivity contribution in [2.45, 2.75) is 70.8 Å². The number of amidine groups is 1. The molecular weight excluding hydrogens is 290 g/mol. The fraction of sp³-hybridized carbons (Fsp3) is 0.929. The largest absolute Gasteiger partial charge is 0.409 e. The molecule has 0 heterocycles. The van der Waals surface area contributed by atoms with E-state index in [1.807, 2.05) is 13.8 Å². The highest BCUT2D eigenvalue weighted by Gasteiger charge is 2.38. The van der Waals surface area contributed by atoms with E-state index < -0.39 is 15.6 Å². The van der Waals surface area contributed by atoms with Crippen molar-refractivity contribution in [3.05, 3.63) is 0 Å². The van der Waals surface area contributed by atoms with Crippen molar-refractivity contribution < 1.29 is 13.6 Å². The summed E-state index contributed by atoms with van der Waals surface area (Å²) in [4.78, 5) is 0. The molecule has 1 rings (SSSR count). The Hall–Kier alpha value is -0.820. The molecule has 0 saturated heterocycles. The summed E-state index contributed by atoms with van der Waals surface area (Å²) in [6.45, 7) is 3.98. The van der Waals surface area contributed by atoms with Crippen LogP contribution in [0.25, 0.3) is 0 Å². The predicted molar refractivity (Wildman–Crippen MR) is 84.8 cm³/mol. The second-order valence-corrected chi connectivity index (χ2v) is 8.28. The minimum absolute atomic E-state index is 0.0162. The van der Waals surface area contributed by atoms with Gasteiger partial charge in [-0.05, 0) is 25.2 Å². The Morgan fingerprint density at radius 3 is 2.24 bits per heavy atom. The van der Waals surface area contributed by atoms with Crippen molar-refractivity contribution >= 4 is 15.9 Å². The number of nitrogens with zero attached hydrogens (tertiary/aromatic N) is 1. The Morgan fingerprint density at radius 1 is 1.24 bits per heavy atom. The van der Waals surface area contributed by atoms with Crippen molar-refractivity contribution in [2.24, 2.45) is 16.8 Å². The highest BCUT2D eigenvalue weighted by atomic mass is 32.2. The molecule has 1 aliphatic carbocycles. The molecule has 0 unspecified atom stereocenters. The van der Waals surface area contributed by atoms with Gasteiger partial charge in [0.2, 0.25) is 10.0 Å². The third-order valence-electron chi connectivity index (χ3n) is 4.12. The van der Waals surface area contributed by atoms with Crippen molar-refractivity contribution in [1.29, 1.82) is 0 Å². The number of hydrogen-bond donors (Lipinski definition) is 3. The normalized spacial score (nSPS) is 21.0. The van der Waals surface area contributed by atoms with Crippen LogP contribution in [0.1, 0.15) is 65.2 Å². The van der Waals surface area contributed by atoms with Crippen LogP contribution in [0.3, 0.4) is 0 Å². The molecule has 4 N–H and O–H groups in total. The molecule has 0 spiro atoms. The molecule has 7 heteroatoms. The number of hydrogen-bond acceptors (Lipinski definition) is 4. The number of oxime groups is 1. The molecule has 6 nitrogen and oxygen atoms in total. The summed E-state index contributed by atoms with van der Waals surface area (Å²) in [6, 6.07) is 0. The lowest BCUT2D eigenvalue weighted by Crippen LogP contribution is -2.58. The lowest BCUT2D eigenvalue weighted by atomic mass is 9.84. The molecule has 0 aromatic heterocycles. The molecule has 1 saturated carbocycles. The van der Waals surface area contributed by atoms with Gasteiger partial charge in [-0.2, -0.15) is 0 Å². The van der Waals surface area contributed by atoms with E-state index in [4.69, 9.17) is 10.9 Å². The first-order chi connectivity index (χ1) is 9.81. The van der Waals surface area contributed by atoms with Crippen LogP contribution >= 0.6 is 0 Å². The standard InChI is InChI=1S/C14H29N3O3S/c1-12(2)8-11-21(19,20)17-14(13(15)16-18)9-6-4-3-5-7-10-14/h12,17-18H,3-11H2,1-2H3,(H2,15,16). The average molecular weight is 319 g/mol. The highest BCUT2D eigenvalue weighted by molar-refractivity contribution is 7.89. The summed E-state index contributed by atoms with van der Waals surface area (Å²) in [5.41, 5.74) is 4.91. The minimum Gasteiger partial charge on any atom is -0.409 e. The number of sulfonamides is 1. The molecule has 0 amide bonds. The summed E-state index contributed by atoms with van der Waals surface area (Å²) >= 11 is 0. The fourth-order valence-corrected chi connectivity index (χ4v) is 4.54. The number of nitrogens with two attached hydrogens (primary N) is 1. The van der Waals surface area contributed by atoms with Gasteiger partial charge in [-0.1, -0.05) is 51.1 Å². The van der Waals surface area contributed by atoms with Crippen molar-refractivity contribution in [3.8, 4) is 0 Å². The van der Waals surface area contributed by atoms with Gasteiger partial charge >= 0.3 is 0 Å². The van der Waals surface area contributed by atoms with E-state index in [1.165, 1.54) is 0 Å². The molecule has 0 aliphatic heterocycles. The van der Waals surface area contributed by atoms with Gasteiger partial charge in [0.1, 0.15) is 0 Å². The van der Waals surface area contributed by atoms with Crippen molar-refractivity contribution in [3.63, 3.8) is 0 Å². The van der Waals surface area contributed by atoms with E-state index in [0.29, 0.717) is 25.2 Å². The van der Waals surface area contributed by atoms with E-state index in [0.717, 1.165) is 32.1 Å². The Balaban J connectivity index is 2.91. The maximum absolute atomic E-state index is 12.3. The monoisotopic (exact) mass is 319 g/mol. The van der Waals surface area contributed by atoms with E-state index in [-0.39, 0.29) is 11.6 Å². The van der Waals surface area contributed by atoms with E-state index in [2.05, 4.69) is 9.88 Å². The SMILES string of the molecule is CC(C)CCS(=O)(=O)NC1(C(N)=NO)CCCCCCC1. The second kappa shape index (κ2) is 7.98. The van der Waals surface area contributed by atoms with Gasteiger partial charge in [0, 0.05) is 0 Å². The van der Waals surface area contributed by atoms with Gasteiger partial charge in [0.15, 0.2) is 5.84 Å². The molecule has 0 aromatic rings. The van der Waals surface area contributed by atoms with Gasteiger partial charge in [0.25, 0.3) is 0 Å². The molecule has 124 valence electrons. The van der Waals surface area contributed by atoms with Crippen molar-refractivity contribution in [2.75, 3.05) is 5.75 Å². The van der Waals surface area contributed by atoms with E-state index in [9.17, 15) is 8.42 Å². The van der Waals surface area contributed by atoms with E-state index in [1.54, 1.807) is 0 Å². The van der Waals surface area contributed by atoms with Gasteiger partial charge in [-0.3, -0.25) is 0 Å². The molecule has 1 aliphatic rings. The van der Waals surface area contributed by atoms with E-state index >= 15 is 0 Å². The van der Waals surface area contributed by atoms with Gasteiger partial charge in [-0.15, -0.1) is 0 Å². The number of nitrogens with one attached hydrogen (secondary N) is 1. The zero-order chi connectivity index (χ0) is 15.9. The smallest absolute Gasteiger partial charge is 0.212 e. The maximum atomic E-state index is 12.3. The zero-order valence-corrected chi connectivity index (χ0v) is 14.0. The Labute approximate surface area is 128 Å². The first-order valence-corrected chi connectivity index (χ1v) is 9.46. The number of rotatable bonds is 6. The summed E-state index contributed by atoms with van der Waals surface area (Å²) in [5.74, 6) is 0.377. The summed E-state index contributed by atoms with van der Waals surface area (Å²) in [6.07, 6.45) is 6.79. The van der Waals surface area contributed by atoms with Gasteiger partial charge < -0.3 is 10.9 Å². The molecule has 21 heavy (non-hydrogen) atoms. The first kappa shape index (κ1) is 18.2. The van der Waals surface area contributed by atoms with Crippen LogP contribution in [0.2, 0.25) is 0 Å². The van der Waals surface area contributed by atoms with Crippen LogP contribution in [0, 0.1) is 5.92 Å². The van der Waals surface area contributed by atoms with Crippen LogP contribution < -0.4 is 10.5 Å². The molecule has 0 radical (unpaired) electrons. The molecule has 0 atom stereocenters. The van der Waals surface area contributed by atoms with Gasteiger partial charge in [-0.25, -0.2) is 13.1 Å². The quantitative estimate of drug-likeness (QED) is 0.302. The predicted octanol–water partition coefficient (Wildman–Crippen LogP) is 2.18. The third-order valence-corrected chi connectivity index (χ3v) is 5.59. The molecule has 0 aromatic carbocycles. The lowest BCUT2D eigenvalue weighted by Gasteiger charge is -2.34. The molecular formula is C14H29N3O3S. The highest BCUT2D eigenvalue weighted by Crippen LogP contribution is 2.27. The van der Waals surface area contributed by atoms with Crippen molar-refractivity contribution in [1.82, 2.24) is 4.72 Å². The van der Waals surface area contributed by atoms with Gasteiger partial charge in [0.05, 0.1) is 11.3 Å². The van der Waals surface area contributed by atoms with Crippen LogP contribution in [0.5, 0.6) is 0 Å². The molecule has 0 bridgehead atoms. The summed E-state index contributed by atoms with van der Waals surface area (Å²) in [7, 11) is -3.44. The molecule has 1 fully saturated rings. The summed E-state index contributed by atoms with van der Waals surface area (Å²) in [5, 5.41) is 12.2. The average Bonchev–Trinajstić information content (AvgIpc) is 2.39. The Kier molecular flexibility index (Phi) is 6.93. The third kappa shape index (κ3) is 5.82. The van der Waals surface area contributed by atoms with Crippen LogP contribution in [0.15, 0.2) is 5.16 Å². The Morgan fingerprint density at radius 2 is 1.76 bits per heavy atom. The van der Waals surface area contributed by atoms with Crippen LogP contribution in [-0.2, 0) is 10.0 Å². The second-order valence-electron chi connectivity index (χ2n) is 6.44. The topological polar surface area (TPSA) is 105 Å². The first-order valence-electron chi connectivity index (χ1n) is 7.81. The maximum Gasteiger partial charge on any atom is 0.212 e. The summed E-state index contributed by atoms with van der Waals surface area (Å²) < 4.78 is 27.4. The van der Waals surface area contributed by atoms with Crippen LogP contribution in [-0.4, -0.2) is 30.8 Å². The lowest BCUT2D eigenvalue weighted by molar-refractivity contribution is 0.299. The fourth-order valence-electron chi connectivity index (χ4n) is 2.75. The van der Waals surface area contributed by atoms with Crippen LogP contribution in [0.4, 0.5) is 0 Å². The minimum atomic E-state index is -3.44.